The first-order chi connectivity index (χ1) is 13.2. The second-order valence-corrected chi connectivity index (χ2v) is 7.37. The van der Waals surface area contributed by atoms with Gasteiger partial charge in [-0.05, 0) is 50.5 Å². The Morgan fingerprint density at radius 3 is 2.52 bits per heavy atom. The highest BCUT2D eigenvalue weighted by Crippen LogP contribution is 2.25. The van der Waals surface area contributed by atoms with Gasteiger partial charge in [-0.3, -0.25) is 9.59 Å². The molecular weight excluding hydrogens is 394 g/mol. The summed E-state index contributed by atoms with van der Waals surface area (Å²) >= 11 is 0. The van der Waals surface area contributed by atoms with Gasteiger partial charge in [0.1, 0.15) is 5.82 Å². The van der Waals surface area contributed by atoms with Crippen molar-refractivity contribution in [2.24, 2.45) is 20.0 Å². The number of benzene rings is 1. The molecular formula is C21H26ClN3O4. The van der Waals surface area contributed by atoms with E-state index in [9.17, 15) is 19.8 Å². The van der Waals surface area contributed by atoms with Crippen LogP contribution in [0.1, 0.15) is 24.5 Å². The molecule has 3 rings (SSSR count). The summed E-state index contributed by atoms with van der Waals surface area (Å²) in [6.45, 7) is 3.29. The number of carboxylic acids is 1. The molecule has 0 bridgehead atoms. The normalized spacial score (nSPS) is 13.1. The monoisotopic (exact) mass is 419 g/mol. The SMILES string of the molecule is Cc1cc(-c2nc3cc(CC[C@H](C(=O)O)[C@@H](C)O)ccc3n2C)cn(C)c1=O.Cl. The Morgan fingerprint density at radius 2 is 1.93 bits per heavy atom. The molecule has 2 N–H and O–H groups in total. The molecule has 29 heavy (non-hydrogen) atoms. The number of aliphatic hydroxyl groups is 1. The van der Waals surface area contributed by atoms with Crippen LogP contribution in [0.15, 0.2) is 35.3 Å². The first-order valence-electron chi connectivity index (χ1n) is 9.23. The van der Waals surface area contributed by atoms with E-state index in [2.05, 4.69) is 0 Å². The van der Waals surface area contributed by atoms with Crippen LogP contribution in [0.25, 0.3) is 22.4 Å². The van der Waals surface area contributed by atoms with Gasteiger partial charge in [-0.2, -0.15) is 0 Å². The fourth-order valence-corrected chi connectivity index (χ4v) is 3.55. The van der Waals surface area contributed by atoms with Crippen molar-refractivity contribution in [3.63, 3.8) is 0 Å². The van der Waals surface area contributed by atoms with Crippen LogP contribution in [-0.2, 0) is 25.3 Å². The predicted molar refractivity (Wildman–Crippen MR) is 115 cm³/mol. The minimum atomic E-state index is -0.985. The van der Waals surface area contributed by atoms with Crippen LogP contribution in [0, 0.1) is 12.8 Å². The maximum Gasteiger partial charge on any atom is 0.309 e. The molecule has 0 aliphatic rings. The van der Waals surface area contributed by atoms with Gasteiger partial charge in [0.25, 0.3) is 5.56 Å². The van der Waals surface area contributed by atoms with Crippen LogP contribution in [0.4, 0.5) is 0 Å². The average Bonchev–Trinajstić information content (AvgIpc) is 2.95. The molecule has 3 aromatic rings. The molecule has 0 spiro atoms. The van der Waals surface area contributed by atoms with Gasteiger partial charge in [-0.1, -0.05) is 6.07 Å². The fraction of sp³-hybridized carbons (Fsp3) is 0.381. The number of halogens is 1. The number of pyridine rings is 1. The van der Waals surface area contributed by atoms with E-state index in [1.807, 2.05) is 35.9 Å². The summed E-state index contributed by atoms with van der Waals surface area (Å²) in [6, 6.07) is 7.72. The van der Waals surface area contributed by atoms with Crippen molar-refractivity contribution in [2.45, 2.75) is 32.8 Å². The highest BCUT2D eigenvalue weighted by Gasteiger charge is 2.22. The van der Waals surface area contributed by atoms with Crippen molar-refractivity contribution in [3.8, 4) is 11.4 Å². The van der Waals surface area contributed by atoms with Crippen molar-refractivity contribution < 1.29 is 15.0 Å². The molecule has 0 saturated carbocycles. The maximum absolute atomic E-state index is 12.0. The van der Waals surface area contributed by atoms with Gasteiger partial charge in [0.05, 0.1) is 23.1 Å². The Balaban J connectivity index is 0.00000300. The minimum Gasteiger partial charge on any atom is -0.481 e. The van der Waals surface area contributed by atoms with E-state index in [0.29, 0.717) is 18.4 Å². The lowest BCUT2D eigenvalue weighted by atomic mass is 9.95. The van der Waals surface area contributed by atoms with Crippen LogP contribution < -0.4 is 5.56 Å². The van der Waals surface area contributed by atoms with E-state index in [1.54, 1.807) is 24.7 Å². The zero-order valence-electron chi connectivity index (χ0n) is 16.9. The molecule has 0 fully saturated rings. The number of fused-ring (bicyclic) bond motifs is 1. The summed E-state index contributed by atoms with van der Waals surface area (Å²) in [7, 11) is 3.65. The van der Waals surface area contributed by atoms with Crippen molar-refractivity contribution in [2.75, 3.05) is 0 Å². The lowest BCUT2D eigenvalue weighted by Gasteiger charge is -2.14. The molecule has 1 aromatic carbocycles. The highest BCUT2D eigenvalue weighted by atomic mass is 35.5. The molecule has 2 aromatic heterocycles. The number of aromatic nitrogens is 3. The number of hydrogen-bond donors (Lipinski definition) is 2. The second kappa shape index (κ2) is 8.80. The predicted octanol–water partition coefficient (Wildman–Crippen LogP) is 2.68. The van der Waals surface area contributed by atoms with Gasteiger partial charge in [0.15, 0.2) is 0 Å². The first kappa shape index (κ1) is 22.6. The van der Waals surface area contributed by atoms with E-state index < -0.39 is 18.0 Å². The lowest BCUT2D eigenvalue weighted by Crippen LogP contribution is -2.26. The molecule has 2 heterocycles. The average molecular weight is 420 g/mol. The van der Waals surface area contributed by atoms with Crippen LogP contribution in [-0.4, -0.2) is 36.4 Å². The van der Waals surface area contributed by atoms with Gasteiger partial charge >= 0.3 is 5.97 Å². The molecule has 156 valence electrons. The molecule has 0 aliphatic carbocycles. The third-order valence-corrected chi connectivity index (χ3v) is 5.21. The summed E-state index contributed by atoms with van der Waals surface area (Å²) in [5.74, 6) is -1.01. The van der Waals surface area contributed by atoms with E-state index >= 15 is 0 Å². The molecule has 0 unspecified atom stereocenters. The highest BCUT2D eigenvalue weighted by molar-refractivity contribution is 5.85. The van der Waals surface area contributed by atoms with E-state index in [4.69, 9.17) is 4.98 Å². The Kier molecular flexibility index (Phi) is 6.87. The number of aliphatic carboxylic acids is 1. The first-order valence-corrected chi connectivity index (χ1v) is 9.23. The molecule has 0 aliphatic heterocycles. The smallest absolute Gasteiger partial charge is 0.309 e. The van der Waals surface area contributed by atoms with Crippen LogP contribution >= 0.6 is 12.4 Å². The topological polar surface area (TPSA) is 97.3 Å². The number of rotatable bonds is 6. The summed E-state index contributed by atoms with van der Waals surface area (Å²) in [5, 5.41) is 18.9. The van der Waals surface area contributed by atoms with Crippen LogP contribution in [0.2, 0.25) is 0 Å². The number of carbonyl (C=O) groups is 1. The molecule has 0 radical (unpaired) electrons. The van der Waals surface area contributed by atoms with Crippen molar-refractivity contribution >= 4 is 29.4 Å². The number of imidazole rings is 1. The lowest BCUT2D eigenvalue weighted by molar-refractivity contribution is -0.145. The third-order valence-electron chi connectivity index (χ3n) is 5.21. The van der Waals surface area contributed by atoms with Crippen molar-refractivity contribution in [3.05, 3.63) is 51.9 Å². The number of aliphatic hydroxyl groups excluding tert-OH is 1. The number of hydrogen-bond acceptors (Lipinski definition) is 4. The van der Waals surface area contributed by atoms with Gasteiger partial charge in [-0.15, -0.1) is 12.4 Å². The largest absolute Gasteiger partial charge is 0.481 e. The van der Waals surface area contributed by atoms with Crippen molar-refractivity contribution in [1.82, 2.24) is 14.1 Å². The summed E-state index contributed by atoms with van der Waals surface area (Å²) < 4.78 is 3.53. The summed E-state index contributed by atoms with van der Waals surface area (Å²) in [6.07, 6.45) is 1.79. The van der Waals surface area contributed by atoms with Crippen molar-refractivity contribution in [1.29, 1.82) is 0 Å². The molecule has 7 nitrogen and oxygen atoms in total. The zero-order chi connectivity index (χ0) is 20.6. The van der Waals surface area contributed by atoms with E-state index in [1.165, 1.54) is 6.92 Å². The van der Waals surface area contributed by atoms with E-state index in [-0.39, 0.29) is 18.0 Å². The Bertz CT molecular complexity index is 1070. The molecule has 0 amide bonds. The van der Waals surface area contributed by atoms with Gasteiger partial charge < -0.3 is 19.3 Å². The number of aryl methyl sites for hydroxylation is 4. The van der Waals surface area contributed by atoms with Gasteiger partial charge in [0.2, 0.25) is 0 Å². The zero-order valence-corrected chi connectivity index (χ0v) is 17.7. The van der Waals surface area contributed by atoms with Crippen LogP contribution in [0.5, 0.6) is 0 Å². The molecule has 0 saturated heterocycles. The van der Waals surface area contributed by atoms with Gasteiger partial charge in [0, 0.05) is 31.4 Å². The third kappa shape index (κ3) is 4.52. The molecule has 8 heteroatoms. The Hall–Kier alpha value is -2.64. The fourth-order valence-electron chi connectivity index (χ4n) is 3.55. The second-order valence-electron chi connectivity index (χ2n) is 7.37. The number of carboxylic acid groups (broad SMARTS) is 1. The number of nitrogens with zero attached hydrogens (tertiary/aromatic N) is 3. The Morgan fingerprint density at radius 1 is 1.24 bits per heavy atom. The molecule has 2 atom stereocenters. The summed E-state index contributed by atoms with van der Waals surface area (Å²) in [5.41, 5.74) is 4.23. The Labute approximate surface area is 175 Å². The summed E-state index contributed by atoms with van der Waals surface area (Å²) in [4.78, 5) is 27.9. The van der Waals surface area contributed by atoms with Gasteiger partial charge in [-0.25, -0.2) is 4.98 Å². The van der Waals surface area contributed by atoms with E-state index in [0.717, 1.165) is 28.0 Å². The quantitative estimate of drug-likeness (QED) is 0.640. The van der Waals surface area contributed by atoms with Crippen LogP contribution in [0.3, 0.4) is 0 Å². The minimum absolute atomic E-state index is 0. The standard InChI is InChI=1S/C21H25N3O4.ClH/c1-12-9-15(11-23(3)20(12)26)19-22-17-10-14(6-8-18(17)24(19)4)5-7-16(13(2)25)21(27)28;/h6,8-11,13,16,25H,5,7H2,1-4H3,(H,27,28);1H/t13-,16+;/m1./s1. The maximum atomic E-state index is 12.0.